The van der Waals surface area contributed by atoms with Crippen LogP contribution in [0.4, 0.5) is 14.9 Å². The number of imide groups is 1. The second kappa shape index (κ2) is 10.0. The first kappa shape index (κ1) is 27.0. The Bertz CT molecular complexity index is 1650. The van der Waals surface area contributed by atoms with Crippen molar-refractivity contribution >= 4 is 28.5 Å². The highest BCUT2D eigenvalue weighted by Crippen LogP contribution is 2.48. The molecule has 2 saturated heterocycles. The lowest BCUT2D eigenvalue weighted by Crippen LogP contribution is -2.55. The van der Waals surface area contributed by atoms with E-state index >= 15 is 4.39 Å². The maximum absolute atomic E-state index is 16.2. The number of hydrogen-bond acceptors (Lipinski definition) is 8. The Morgan fingerprint density at radius 3 is 2.56 bits per heavy atom. The van der Waals surface area contributed by atoms with Gasteiger partial charge in [-0.2, -0.15) is 0 Å². The van der Waals surface area contributed by atoms with Crippen LogP contribution in [0.15, 0.2) is 53.1 Å². The van der Waals surface area contributed by atoms with Crippen LogP contribution in [0.2, 0.25) is 0 Å². The molecule has 10 nitrogen and oxygen atoms in total. The van der Waals surface area contributed by atoms with E-state index in [1.54, 1.807) is 25.1 Å². The largest absolute Gasteiger partial charge is 0.421 e. The van der Waals surface area contributed by atoms with Crippen LogP contribution in [0.5, 0.6) is 0 Å². The van der Waals surface area contributed by atoms with Crippen LogP contribution >= 0.6 is 0 Å². The molecular weight excluding hydrogens is 527 g/mol. The van der Waals surface area contributed by atoms with Gasteiger partial charge in [0.05, 0.1) is 23.0 Å². The van der Waals surface area contributed by atoms with Crippen molar-refractivity contribution in [3.8, 4) is 11.5 Å². The number of anilines is 1. The van der Waals surface area contributed by atoms with E-state index in [2.05, 4.69) is 25.4 Å². The number of nitrogens with zero attached hydrogens (tertiary/aromatic N) is 5. The number of rotatable bonds is 5. The van der Waals surface area contributed by atoms with E-state index < -0.39 is 22.9 Å². The molecule has 0 saturated carbocycles. The number of aromatic nitrogens is 3. The summed E-state index contributed by atoms with van der Waals surface area (Å²) in [6.07, 6.45) is 1.98. The molecule has 3 amide bonds. The summed E-state index contributed by atoms with van der Waals surface area (Å²) in [5, 5.41) is 22.5. The van der Waals surface area contributed by atoms with Crippen molar-refractivity contribution < 1.29 is 23.5 Å². The summed E-state index contributed by atoms with van der Waals surface area (Å²) in [4.78, 5) is 31.9. The summed E-state index contributed by atoms with van der Waals surface area (Å²) in [7, 11) is 0. The van der Waals surface area contributed by atoms with E-state index in [1.807, 2.05) is 38.1 Å². The SMILES string of the molecule is Cc1nnc(-c2ccc(CN3CC[C@](O)(c4ccc5ncc(N6CCC(=O)NC6=O)cc5c4F)C(C)(C)C3)cc2)o1. The van der Waals surface area contributed by atoms with Gasteiger partial charge in [-0.1, -0.05) is 32.0 Å². The molecule has 0 radical (unpaired) electrons. The Hall–Kier alpha value is -4.22. The molecule has 2 N–H and O–H groups in total. The second-order valence-corrected chi connectivity index (χ2v) is 11.5. The third-order valence-electron chi connectivity index (χ3n) is 8.26. The van der Waals surface area contributed by atoms with Crippen molar-refractivity contribution in [2.24, 2.45) is 5.41 Å². The van der Waals surface area contributed by atoms with Gasteiger partial charge in [-0.25, -0.2) is 9.18 Å². The van der Waals surface area contributed by atoms with E-state index in [0.717, 1.165) is 11.1 Å². The lowest BCUT2D eigenvalue weighted by atomic mass is 9.66. The molecular formula is C30H31FN6O4. The van der Waals surface area contributed by atoms with Crippen LogP contribution in [0.3, 0.4) is 0 Å². The van der Waals surface area contributed by atoms with Crippen molar-refractivity contribution in [2.75, 3.05) is 24.5 Å². The number of hydrogen-bond donors (Lipinski definition) is 2. The van der Waals surface area contributed by atoms with Gasteiger partial charge >= 0.3 is 6.03 Å². The quantitative estimate of drug-likeness (QED) is 0.372. The van der Waals surface area contributed by atoms with Crippen LogP contribution in [-0.4, -0.2) is 56.8 Å². The first-order valence-corrected chi connectivity index (χ1v) is 13.6. The number of pyridine rings is 1. The molecule has 0 aliphatic carbocycles. The normalized spacial score (nSPS) is 21.3. The molecule has 2 aromatic carbocycles. The van der Waals surface area contributed by atoms with Crippen LogP contribution in [0.1, 0.15) is 43.7 Å². The minimum absolute atomic E-state index is 0.152. The summed E-state index contributed by atoms with van der Waals surface area (Å²) in [6, 6.07) is 12.3. The van der Waals surface area contributed by atoms with E-state index in [0.29, 0.717) is 49.0 Å². The Labute approximate surface area is 236 Å². The van der Waals surface area contributed by atoms with E-state index in [1.165, 1.54) is 11.1 Å². The third-order valence-corrected chi connectivity index (χ3v) is 8.26. The summed E-state index contributed by atoms with van der Waals surface area (Å²) < 4.78 is 21.7. The number of halogens is 1. The topological polar surface area (TPSA) is 125 Å². The second-order valence-electron chi connectivity index (χ2n) is 11.5. The van der Waals surface area contributed by atoms with Gasteiger partial charge in [0, 0.05) is 61.5 Å². The zero-order valence-corrected chi connectivity index (χ0v) is 23.1. The molecule has 4 aromatic rings. The fourth-order valence-electron chi connectivity index (χ4n) is 5.92. The molecule has 2 aliphatic heterocycles. The summed E-state index contributed by atoms with van der Waals surface area (Å²) in [5.41, 5.74) is 0.866. The fourth-order valence-corrected chi connectivity index (χ4v) is 5.92. The van der Waals surface area contributed by atoms with Crippen molar-refractivity contribution in [1.82, 2.24) is 25.4 Å². The molecule has 0 bridgehead atoms. The van der Waals surface area contributed by atoms with Gasteiger partial charge < -0.3 is 9.52 Å². The zero-order chi connectivity index (χ0) is 28.9. The smallest absolute Gasteiger partial charge is 0.328 e. The first-order valence-electron chi connectivity index (χ1n) is 13.6. The lowest BCUT2D eigenvalue weighted by Gasteiger charge is -2.50. The highest BCUT2D eigenvalue weighted by Gasteiger charge is 2.50. The third kappa shape index (κ3) is 4.85. The fraction of sp³-hybridized carbons (Fsp3) is 0.367. The number of aliphatic hydroxyl groups is 1. The predicted octanol–water partition coefficient (Wildman–Crippen LogP) is 4.30. The Morgan fingerprint density at radius 1 is 1.10 bits per heavy atom. The van der Waals surface area contributed by atoms with Crippen LogP contribution < -0.4 is 10.2 Å². The number of benzene rings is 2. The zero-order valence-electron chi connectivity index (χ0n) is 23.1. The van der Waals surface area contributed by atoms with Gasteiger partial charge in [-0.15, -0.1) is 10.2 Å². The highest BCUT2D eigenvalue weighted by atomic mass is 19.1. The minimum Gasteiger partial charge on any atom is -0.421 e. The van der Waals surface area contributed by atoms with Crippen LogP contribution in [-0.2, 0) is 16.9 Å². The average molecular weight is 559 g/mol. The molecule has 41 heavy (non-hydrogen) atoms. The number of piperidine rings is 1. The van der Waals surface area contributed by atoms with E-state index in [4.69, 9.17) is 4.42 Å². The number of urea groups is 1. The lowest BCUT2D eigenvalue weighted by molar-refractivity contribution is -0.128. The Morgan fingerprint density at radius 2 is 1.88 bits per heavy atom. The number of aryl methyl sites for hydroxylation is 1. The number of carbonyl (C=O) groups is 2. The molecule has 2 aromatic heterocycles. The van der Waals surface area contributed by atoms with Gasteiger partial charge in [-0.3, -0.25) is 24.9 Å². The van der Waals surface area contributed by atoms with Crippen molar-refractivity contribution in [3.05, 3.63) is 71.5 Å². The number of fused-ring (bicyclic) bond motifs is 1. The monoisotopic (exact) mass is 558 g/mol. The van der Waals surface area contributed by atoms with E-state index in [9.17, 15) is 14.7 Å². The molecule has 4 heterocycles. The summed E-state index contributed by atoms with van der Waals surface area (Å²) in [5.74, 6) is 0.0901. The van der Waals surface area contributed by atoms with E-state index in [-0.39, 0.29) is 29.8 Å². The summed E-state index contributed by atoms with van der Waals surface area (Å²) >= 11 is 0. The summed E-state index contributed by atoms with van der Waals surface area (Å²) in [6.45, 7) is 7.64. The number of likely N-dealkylation sites (tertiary alicyclic amines) is 1. The minimum atomic E-state index is -1.42. The van der Waals surface area contributed by atoms with Crippen molar-refractivity contribution in [3.63, 3.8) is 0 Å². The van der Waals surface area contributed by atoms with Gasteiger partial charge in [0.15, 0.2) is 0 Å². The van der Waals surface area contributed by atoms with Gasteiger partial charge in [0.25, 0.3) is 0 Å². The molecule has 2 aliphatic rings. The maximum Gasteiger partial charge on any atom is 0.328 e. The average Bonchev–Trinajstić information content (AvgIpc) is 3.37. The molecule has 11 heteroatoms. The van der Waals surface area contributed by atoms with Gasteiger partial charge in [0.2, 0.25) is 17.7 Å². The first-order chi connectivity index (χ1) is 19.5. The van der Waals surface area contributed by atoms with Crippen molar-refractivity contribution in [2.45, 2.75) is 45.8 Å². The van der Waals surface area contributed by atoms with Crippen LogP contribution in [0, 0.1) is 18.2 Å². The highest BCUT2D eigenvalue weighted by molar-refractivity contribution is 6.06. The standard InChI is InChI=1S/C30H31FN6O4/c1-18-34-35-27(41-18)20-6-4-19(5-7-20)16-36-13-11-30(40,29(2,3)17-36)23-8-9-24-22(26(23)31)14-21(15-32-24)37-12-10-25(38)33-28(37)39/h4-9,14-15,40H,10-13,16-17H2,1-3H3,(H,33,38,39)/t30-/m0/s1. The van der Waals surface area contributed by atoms with Gasteiger partial charge in [0.1, 0.15) is 5.82 Å². The number of amides is 3. The number of nitrogens with one attached hydrogen (secondary N) is 1. The van der Waals surface area contributed by atoms with Crippen LogP contribution in [0.25, 0.3) is 22.4 Å². The Balaban J connectivity index is 1.23. The molecule has 6 rings (SSSR count). The number of carbonyl (C=O) groups excluding carboxylic acids is 2. The molecule has 212 valence electrons. The van der Waals surface area contributed by atoms with Gasteiger partial charge in [-0.05, 0) is 36.2 Å². The Kier molecular flexibility index (Phi) is 6.58. The molecule has 2 fully saturated rings. The molecule has 0 spiro atoms. The molecule has 1 atom stereocenters. The molecule has 0 unspecified atom stereocenters. The maximum atomic E-state index is 16.2. The van der Waals surface area contributed by atoms with Crippen molar-refractivity contribution in [1.29, 1.82) is 0 Å². The predicted molar refractivity (Wildman–Crippen MR) is 149 cm³/mol.